The molecule has 0 bridgehead atoms. The number of ether oxygens (including phenoxy) is 1. The van der Waals surface area contributed by atoms with Crippen molar-refractivity contribution >= 4 is 81.3 Å². The van der Waals surface area contributed by atoms with Gasteiger partial charge in [0.25, 0.3) is 0 Å². The Labute approximate surface area is 317 Å². The second kappa shape index (κ2) is 26.7. The number of unbranched alkanes of at least 4 members (excludes halogenated alkanes) is 1. The maximum Gasteiger partial charge on any atom is 0.327 e. The van der Waals surface area contributed by atoms with Crippen molar-refractivity contribution in [1.82, 2.24) is 31.9 Å². The summed E-state index contributed by atoms with van der Waals surface area (Å²) in [6.07, 6.45) is -1.48. The predicted molar refractivity (Wildman–Crippen MR) is 190 cm³/mol. The number of carbonyl (C=O) groups is 10. The van der Waals surface area contributed by atoms with Crippen molar-refractivity contribution < 1.29 is 78.2 Å². The van der Waals surface area contributed by atoms with E-state index in [0.717, 1.165) is 10.8 Å². The van der Waals surface area contributed by atoms with E-state index < -0.39 is 115 Å². The Kier molecular flexibility index (Phi) is 24.2. The summed E-state index contributed by atoms with van der Waals surface area (Å²) >= 11 is 0. The van der Waals surface area contributed by atoms with Gasteiger partial charge < -0.3 is 62.2 Å². The Morgan fingerprint density at radius 2 is 1.22 bits per heavy atom. The van der Waals surface area contributed by atoms with Crippen LogP contribution in [0.2, 0.25) is 0 Å². The molecule has 0 aliphatic carbocycles. The molecule has 1 unspecified atom stereocenters. The minimum Gasteiger partial charge on any atom is -0.481 e. The highest BCUT2D eigenvalue weighted by Gasteiger charge is 2.33. The predicted octanol–water partition coefficient (Wildman–Crippen LogP) is -0.586. The quantitative estimate of drug-likeness (QED) is 0.0267. The third kappa shape index (κ3) is 22.2. The number of hydrogen-bond acceptors (Lipinski definition) is 13. The van der Waals surface area contributed by atoms with Crippen molar-refractivity contribution in [1.29, 1.82) is 0 Å². The first kappa shape index (κ1) is 49.0. The van der Waals surface area contributed by atoms with E-state index in [1.807, 2.05) is 5.32 Å². The Bertz CT molecular complexity index is 1340. The Hall–Kier alpha value is -5.00. The lowest BCUT2D eigenvalue weighted by atomic mass is 9.97. The molecule has 22 nitrogen and oxygen atoms in total. The highest BCUT2D eigenvalue weighted by atomic mass is 33.1. The Morgan fingerprint density at radius 1 is 0.648 bits per heavy atom. The van der Waals surface area contributed by atoms with Crippen molar-refractivity contribution in [3.63, 3.8) is 0 Å². The van der Waals surface area contributed by atoms with Gasteiger partial charge in [-0.1, -0.05) is 41.9 Å². The molecule has 0 fully saturated rings. The lowest BCUT2D eigenvalue weighted by Crippen LogP contribution is -2.59. The summed E-state index contributed by atoms with van der Waals surface area (Å²) in [5.74, 6) is -9.74. The maximum atomic E-state index is 13.2. The Balaban J connectivity index is 5.21. The summed E-state index contributed by atoms with van der Waals surface area (Å²) in [6.45, 7) is 4.54. The van der Waals surface area contributed by atoms with E-state index in [2.05, 4.69) is 26.6 Å². The zero-order chi connectivity index (χ0) is 41.4. The SMILES string of the molecule is CCC(C)[C@H](NC(=O)[C@H](CC(=O)O)NC(=O)NCCCC[C@H](NC(=O)N[C@@H](CCC(=O)O)C(=O)O)C(=O)O)C(=O)N[C@@H](CSSCCOC(C)=O)C(=O)O. The summed E-state index contributed by atoms with van der Waals surface area (Å²) in [4.78, 5) is 119. The molecule has 0 saturated carbocycles. The van der Waals surface area contributed by atoms with Gasteiger partial charge in [-0.05, 0) is 31.6 Å². The van der Waals surface area contributed by atoms with E-state index in [1.54, 1.807) is 13.8 Å². The molecule has 0 heterocycles. The van der Waals surface area contributed by atoms with Gasteiger partial charge in [0.2, 0.25) is 11.8 Å². The zero-order valence-electron chi connectivity index (χ0n) is 29.8. The third-order valence-corrected chi connectivity index (χ3v) is 9.63. The average Bonchev–Trinajstić information content (AvgIpc) is 3.07. The maximum absolute atomic E-state index is 13.2. The van der Waals surface area contributed by atoms with E-state index >= 15 is 0 Å². The standard InChI is InChI=1S/C30H48N6O16S2/c1-4-15(2)23(25(43)32-20(28(48)49)14-54-53-12-11-52-16(3)37)36-24(42)19(13-22(40)41)35-29(50)31-10-6-5-7-17(26(44)45)33-30(51)34-18(27(46)47)8-9-21(38)39/h15,17-20,23H,4-14H2,1-3H3,(H,32,43)(H,36,42)(H,38,39)(H,40,41)(H,44,45)(H,46,47)(H,48,49)(H2,31,35,50)(H2,33,34,51)/t15?,17-,18-,19-,20-,23-/m0/s1. The van der Waals surface area contributed by atoms with Crippen molar-refractivity contribution in [2.45, 2.75) is 95.9 Å². The van der Waals surface area contributed by atoms with Crippen LogP contribution in [0.15, 0.2) is 0 Å². The monoisotopic (exact) mass is 812 g/mol. The molecule has 306 valence electrons. The highest BCUT2D eigenvalue weighted by molar-refractivity contribution is 8.76. The number of urea groups is 2. The molecule has 0 aliphatic heterocycles. The van der Waals surface area contributed by atoms with Crippen LogP contribution >= 0.6 is 21.6 Å². The lowest BCUT2D eigenvalue weighted by Gasteiger charge is -2.27. The minimum absolute atomic E-state index is 0.0808. The molecule has 24 heteroatoms. The van der Waals surface area contributed by atoms with Crippen LogP contribution in [0.3, 0.4) is 0 Å². The molecule has 0 spiro atoms. The topological polar surface area (TPSA) is 353 Å². The normalized spacial score (nSPS) is 14.0. The molecular weight excluding hydrogens is 764 g/mol. The first-order valence-electron chi connectivity index (χ1n) is 16.5. The van der Waals surface area contributed by atoms with Crippen LogP contribution in [-0.4, -0.2) is 140 Å². The number of amides is 6. The second-order valence-electron chi connectivity index (χ2n) is 11.6. The van der Waals surface area contributed by atoms with Crippen LogP contribution in [0.5, 0.6) is 0 Å². The molecule has 0 aromatic rings. The lowest BCUT2D eigenvalue weighted by molar-refractivity contribution is -0.142. The van der Waals surface area contributed by atoms with E-state index in [4.69, 9.17) is 14.9 Å². The number of hydrogen-bond donors (Lipinski definition) is 11. The van der Waals surface area contributed by atoms with Gasteiger partial charge in [-0.25, -0.2) is 24.0 Å². The van der Waals surface area contributed by atoms with Crippen molar-refractivity contribution in [2.24, 2.45) is 5.92 Å². The van der Waals surface area contributed by atoms with Crippen molar-refractivity contribution in [3.8, 4) is 0 Å². The number of nitrogens with one attached hydrogen (secondary N) is 6. The van der Waals surface area contributed by atoms with Gasteiger partial charge >= 0.3 is 47.9 Å². The van der Waals surface area contributed by atoms with Crippen LogP contribution in [0.4, 0.5) is 9.59 Å². The number of carboxylic acid groups (broad SMARTS) is 5. The number of carbonyl (C=O) groups excluding carboxylic acids is 5. The Morgan fingerprint density at radius 3 is 1.74 bits per heavy atom. The molecule has 0 aromatic carbocycles. The number of carboxylic acids is 5. The fourth-order valence-corrected chi connectivity index (χ4v) is 6.18. The van der Waals surface area contributed by atoms with E-state index in [-0.39, 0.29) is 38.2 Å². The third-order valence-electron chi connectivity index (χ3n) is 7.26. The second-order valence-corrected chi connectivity index (χ2v) is 14.2. The van der Waals surface area contributed by atoms with Crippen LogP contribution in [0.1, 0.15) is 65.7 Å². The summed E-state index contributed by atoms with van der Waals surface area (Å²) in [7, 11) is 2.32. The fourth-order valence-electron chi connectivity index (χ4n) is 4.20. The number of rotatable bonds is 28. The average molecular weight is 813 g/mol. The van der Waals surface area contributed by atoms with E-state index in [0.29, 0.717) is 12.2 Å². The minimum atomic E-state index is -1.68. The summed E-state index contributed by atoms with van der Waals surface area (Å²) in [6, 6.07) is -9.56. The number of aliphatic carboxylic acids is 5. The zero-order valence-corrected chi connectivity index (χ0v) is 31.4. The van der Waals surface area contributed by atoms with E-state index in [1.165, 1.54) is 17.7 Å². The van der Waals surface area contributed by atoms with Gasteiger partial charge in [0.1, 0.15) is 36.8 Å². The van der Waals surface area contributed by atoms with Crippen LogP contribution in [-0.2, 0) is 43.1 Å². The number of esters is 1. The van der Waals surface area contributed by atoms with Gasteiger partial charge in [0.05, 0.1) is 6.42 Å². The largest absolute Gasteiger partial charge is 0.481 e. The highest BCUT2D eigenvalue weighted by Crippen LogP contribution is 2.22. The summed E-state index contributed by atoms with van der Waals surface area (Å²) < 4.78 is 4.79. The molecule has 0 aliphatic rings. The van der Waals surface area contributed by atoms with Gasteiger partial charge in [-0.3, -0.25) is 24.0 Å². The van der Waals surface area contributed by atoms with Crippen LogP contribution in [0, 0.1) is 5.92 Å². The van der Waals surface area contributed by atoms with Gasteiger partial charge in [-0.2, -0.15) is 0 Å². The first-order valence-corrected chi connectivity index (χ1v) is 19.0. The molecule has 54 heavy (non-hydrogen) atoms. The van der Waals surface area contributed by atoms with Gasteiger partial charge in [0, 0.05) is 31.4 Å². The first-order chi connectivity index (χ1) is 25.3. The summed E-state index contributed by atoms with van der Waals surface area (Å²) in [5, 5.41) is 59.7. The van der Waals surface area contributed by atoms with Crippen molar-refractivity contribution in [3.05, 3.63) is 0 Å². The molecule has 6 atom stereocenters. The van der Waals surface area contributed by atoms with Crippen LogP contribution < -0.4 is 31.9 Å². The molecule has 0 saturated heterocycles. The van der Waals surface area contributed by atoms with E-state index in [9.17, 15) is 63.3 Å². The molecule has 0 radical (unpaired) electrons. The summed E-state index contributed by atoms with van der Waals surface area (Å²) in [5.41, 5.74) is 0. The fraction of sp³-hybridized carbons (Fsp3) is 0.667. The van der Waals surface area contributed by atoms with Gasteiger partial charge in [0.15, 0.2) is 0 Å². The van der Waals surface area contributed by atoms with Crippen molar-refractivity contribution in [2.75, 3.05) is 24.7 Å². The molecular formula is C30H48N6O16S2. The molecule has 11 N–H and O–H groups in total. The molecule has 6 amide bonds. The molecule has 0 aromatic heterocycles. The van der Waals surface area contributed by atoms with Gasteiger partial charge in [-0.15, -0.1) is 0 Å². The van der Waals surface area contributed by atoms with Crippen LogP contribution in [0.25, 0.3) is 0 Å². The smallest absolute Gasteiger partial charge is 0.327 e. The molecule has 0 rings (SSSR count).